The van der Waals surface area contributed by atoms with Crippen molar-refractivity contribution in [1.29, 1.82) is 0 Å². The molecule has 0 aromatic heterocycles. The Morgan fingerprint density at radius 1 is 1.38 bits per heavy atom. The summed E-state index contributed by atoms with van der Waals surface area (Å²) in [6, 6.07) is 3.26. The maximum absolute atomic E-state index is 13.9. The monoisotopic (exact) mass is 337 g/mol. The van der Waals surface area contributed by atoms with Crippen LogP contribution in [0.25, 0.3) is 0 Å². The summed E-state index contributed by atoms with van der Waals surface area (Å²) >= 11 is 0. The zero-order valence-electron chi connectivity index (χ0n) is 13.6. The van der Waals surface area contributed by atoms with Crippen LogP contribution in [0.2, 0.25) is 0 Å². The third-order valence-corrected chi connectivity index (χ3v) is 4.77. The van der Waals surface area contributed by atoms with Gasteiger partial charge in [-0.1, -0.05) is 0 Å². The molecular formula is C17H21F2N3O2. The van der Waals surface area contributed by atoms with Crippen molar-refractivity contribution in [2.75, 3.05) is 31.6 Å². The second kappa shape index (κ2) is 6.84. The zero-order chi connectivity index (χ0) is 17.3. The minimum Gasteiger partial charge on any atom is -0.338 e. The SMILES string of the molecule is CNC[C@@H]1CCCN1C(=O)[C@H]1CC(=O)N(c2ccc(F)cc2F)C1. The number of carbonyl (C=O) groups excluding carboxylic acids is 2. The lowest BCUT2D eigenvalue weighted by Crippen LogP contribution is -2.44. The zero-order valence-corrected chi connectivity index (χ0v) is 13.6. The van der Waals surface area contributed by atoms with E-state index in [1.54, 1.807) is 0 Å². The van der Waals surface area contributed by atoms with Crippen LogP contribution in [0.4, 0.5) is 14.5 Å². The van der Waals surface area contributed by atoms with E-state index in [0.29, 0.717) is 6.54 Å². The molecule has 2 atom stereocenters. The van der Waals surface area contributed by atoms with Gasteiger partial charge in [-0.05, 0) is 32.0 Å². The Labute approximate surface area is 139 Å². The van der Waals surface area contributed by atoms with Gasteiger partial charge in [-0.3, -0.25) is 9.59 Å². The first kappa shape index (κ1) is 16.8. The fourth-order valence-electron chi connectivity index (χ4n) is 3.61. The van der Waals surface area contributed by atoms with Crippen LogP contribution < -0.4 is 10.2 Å². The van der Waals surface area contributed by atoms with E-state index in [0.717, 1.165) is 31.5 Å². The molecule has 2 fully saturated rings. The molecule has 5 nitrogen and oxygen atoms in total. The van der Waals surface area contributed by atoms with Gasteiger partial charge >= 0.3 is 0 Å². The fourth-order valence-corrected chi connectivity index (χ4v) is 3.61. The molecular weight excluding hydrogens is 316 g/mol. The number of hydrogen-bond donors (Lipinski definition) is 1. The molecule has 2 aliphatic rings. The Balaban J connectivity index is 1.73. The second-order valence-corrected chi connectivity index (χ2v) is 6.39. The molecule has 2 saturated heterocycles. The predicted octanol–water partition coefficient (Wildman–Crippen LogP) is 1.53. The average Bonchev–Trinajstić information content (AvgIpc) is 3.14. The molecule has 0 spiro atoms. The average molecular weight is 337 g/mol. The molecule has 0 bridgehead atoms. The largest absolute Gasteiger partial charge is 0.338 e. The summed E-state index contributed by atoms with van der Waals surface area (Å²) in [6.45, 7) is 1.56. The van der Waals surface area contributed by atoms with Gasteiger partial charge in [-0.2, -0.15) is 0 Å². The number of anilines is 1. The van der Waals surface area contributed by atoms with Crippen LogP contribution in [-0.4, -0.2) is 49.4 Å². The number of amides is 2. The predicted molar refractivity (Wildman–Crippen MR) is 85.5 cm³/mol. The van der Waals surface area contributed by atoms with Gasteiger partial charge in [0.15, 0.2) is 0 Å². The van der Waals surface area contributed by atoms with Crippen LogP contribution in [-0.2, 0) is 9.59 Å². The van der Waals surface area contributed by atoms with E-state index in [1.807, 2.05) is 11.9 Å². The van der Waals surface area contributed by atoms with E-state index < -0.39 is 17.6 Å². The number of nitrogens with one attached hydrogen (secondary N) is 1. The topological polar surface area (TPSA) is 52.7 Å². The molecule has 0 radical (unpaired) electrons. The number of likely N-dealkylation sites (tertiary alicyclic amines) is 1. The van der Waals surface area contributed by atoms with E-state index in [2.05, 4.69) is 5.32 Å². The number of carbonyl (C=O) groups is 2. The lowest BCUT2D eigenvalue weighted by atomic mass is 10.1. The summed E-state index contributed by atoms with van der Waals surface area (Å²) < 4.78 is 27.0. The quantitative estimate of drug-likeness (QED) is 0.907. The van der Waals surface area contributed by atoms with Gasteiger partial charge in [0.1, 0.15) is 11.6 Å². The van der Waals surface area contributed by atoms with Crippen molar-refractivity contribution in [2.24, 2.45) is 5.92 Å². The molecule has 2 amide bonds. The van der Waals surface area contributed by atoms with Crippen molar-refractivity contribution in [2.45, 2.75) is 25.3 Å². The van der Waals surface area contributed by atoms with Gasteiger partial charge in [0.25, 0.3) is 0 Å². The molecule has 3 rings (SSSR count). The van der Waals surface area contributed by atoms with Crippen LogP contribution in [0.5, 0.6) is 0 Å². The highest BCUT2D eigenvalue weighted by molar-refractivity contribution is 6.00. The summed E-state index contributed by atoms with van der Waals surface area (Å²) in [5, 5.41) is 3.08. The minimum absolute atomic E-state index is 0.0323. The molecule has 2 heterocycles. The number of nitrogens with zero attached hydrogens (tertiary/aromatic N) is 2. The Bertz CT molecular complexity index is 653. The number of likely N-dealkylation sites (N-methyl/N-ethyl adjacent to an activating group) is 1. The fraction of sp³-hybridized carbons (Fsp3) is 0.529. The minimum atomic E-state index is -0.786. The van der Waals surface area contributed by atoms with Crippen molar-refractivity contribution >= 4 is 17.5 Å². The molecule has 1 aromatic carbocycles. The summed E-state index contributed by atoms with van der Waals surface area (Å²) in [6.07, 6.45) is 1.97. The molecule has 130 valence electrons. The highest BCUT2D eigenvalue weighted by atomic mass is 19.1. The molecule has 0 saturated carbocycles. The summed E-state index contributed by atoms with van der Waals surface area (Å²) in [7, 11) is 1.85. The van der Waals surface area contributed by atoms with Crippen molar-refractivity contribution in [1.82, 2.24) is 10.2 Å². The van der Waals surface area contributed by atoms with Gasteiger partial charge in [-0.25, -0.2) is 8.78 Å². The van der Waals surface area contributed by atoms with Crippen molar-refractivity contribution in [3.05, 3.63) is 29.8 Å². The Hall–Kier alpha value is -2.02. The molecule has 2 aliphatic heterocycles. The maximum atomic E-state index is 13.9. The van der Waals surface area contributed by atoms with Crippen molar-refractivity contribution < 1.29 is 18.4 Å². The Morgan fingerprint density at radius 2 is 2.17 bits per heavy atom. The lowest BCUT2D eigenvalue weighted by molar-refractivity contribution is -0.136. The third-order valence-electron chi connectivity index (χ3n) is 4.77. The van der Waals surface area contributed by atoms with Crippen LogP contribution in [0, 0.1) is 17.6 Å². The van der Waals surface area contributed by atoms with Gasteiger partial charge < -0.3 is 15.1 Å². The standard InChI is InChI=1S/C17H21F2N3O2/c1-20-9-13-3-2-6-21(13)17(24)11-7-16(23)22(10-11)15-5-4-12(18)8-14(15)19/h4-5,8,11,13,20H,2-3,6-7,9-10H2,1H3/t11-,13-/m0/s1. The number of halogens is 2. The molecule has 1 N–H and O–H groups in total. The normalized spacial score (nSPS) is 24.0. The van der Waals surface area contributed by atoms with Crippen LogP contribution in [0.3, 0.4) is 0 Å². The first-order chi connectivity index (χ1) is 11.5. The van der Waals surface area contributed by atoms with E-state index in [9.17, 15) is 18.4 Å². The Morgan fingerprint density at radius 3 is 2.88 bits per heavy atom. The lowest BCUT2D eigenvalue weighted by Gasteiger charge is -2.27. The van der Waals surface area contributed by atoms with Gasteiger partial charge in [-0.15, -0.1) is 0 Å². The van der Waals surface area contributed by atoms with Gasteiger partial charge in [0.05, 0.1) is 11.6 Å². The summed E-state index contributed by atoms with van der Waals surface area (Å²) in [5.41, 5.74) is 0.0323. The number of rotatable bonds is 4. The van der Waals surface area contributed by atoms with Crippen molar-refractivity contribution in [3.8, 4) is 0 Å². The first-order valence-electron chi connectivity index (χ1n) is 8.21. The smallest absolute Gasteiger partial charge is 0.228 e. The third kappa shape index (κ3) is 3.13. The van der Waals surface area contributed by atoms with E-state index in [1.165, 1.54) is 11.0 Å². The maximum Gasteiger partial charge on any atom is 0.228 e. The van der Waals surface area contributed by atoms with Crippen LogP contribution >= 0.6 is 0 Å². The number of hydrogen-bond acceptors (Lipinski definition) is 3. The van der Waals surface area contributed by atoms with Gasteiger partial charge in [0.2, 0.25) is 11.8 Å². The van der Waals surface area contributed by atoms with Gasteiger partial charge in [0, 0.05) is 38.2 Å². The van der Waals surface area contributed by atoms with Crippen LogP contribution in [0.15, 0.2) is 18.2 Å². The molecule has 0 unspecified atom stereocenters. The molecule has 0 aliphatic carbocycles. The second-order valence-electron chi connectivity index (χ2n) is 6.39. The Kier molecular flexibility index (Phi) is 4.80. The van der Waals surface area contributed by atoms with Crippen molar-refractivity contribution in [3.63, 3.8) is 0 Å². The number of benzene rings is 1. The van der Waals surface area contributed by atoms with E-state index >= 15 is 0 Å². The summed E-state index contributed by atoms with van der Waals surface area (Å²) in [4.78, 5) is 28.1. The molecule has 7 heteroatoms. The van der Waals surface area contributed by atoms with Crippen LogP contribution in [0.1, 0.15) is 19.3 Å². The summed E-state index contributed by atoms with van der Waals surface area (Å²) in [5.74, 6) is -2.30. The molecule has 24 heavy (non-hydrogen) atoms. The highest BCUT2D eigenvalue weighted by Crippen LogP contribution is 2.30. The highest BCUT2D eigenvalue weighted by Gasteiger charge is 2.40. The van der Waals surface area contributed by atoms with E-state index in [-0.39, 0.29) is 36.5 Å². The van der Waals surface area contributed by atoms with E-state index in [4.69, 9.17) is 0 Å². The molecule has 1 aromatic rings. The first-order valence-corrected chi connectivity index (χ1v) is 8.21.